The van der Waals surface area contributed by atoms with E-state index in [0.29, 0.717) is 31.2 Å². The monoisotopic (exact) mass is 540 g/mol. The van der Waals surface area contributed by atoms with Gasteiger partial charge in [-0.3, -0.25) is 9.78 Å². The van der Waals surface area contributed by atoms with Gasteiger partial charge >= 0.3 is 0 Å². The molecule has 0 unspecified atom stereocenters. The average molecular weight is 541 g/mol. The first kappa shape index (κ1) is 27.1. The van der Waals surface area contributed by atoms with Gasteiger partial charge in [-0.2, -0.15) is 0 Å². The van der Waals surface area contributed by atoms with Crippen molar-refractivity contribution in [3.8, 4) is 17.0 Å². The Bertz CT molecular complexity index is 1320. The lowest BCUT2D eigenvalue weighted by Crippen LogP contribution is -2.31. The van der Waals surface area contributed by atoms with Gasteiger partial charge in [0.15, 0.2) is 0 Å². The van der Waals surface area contributed by atoms with Crippen LogP contribution >= 0.6 is 0 Å². The first-order chi connectivity index (χ1) is 18.8. The zero-order valence-corrected chi connectivity index (χ0v) is 21.6. The summed E-state index contributed by atoms with van der Waals surface area (Å²) < 4.78 is 55.9. The molecule has 1 aliphatic heterocycles. The summed E-state index contributed by atoms with van der Waals surface area (Å²) in [5, 5.41) is 2.79. The van der Waals surface area contributed by atoms with E-state index in [1.54, 1.807) is 6.20 Å². The summed E-state index contributed by atoms with van der Waals surface area (Å²) in [5.41, 5.74) is 6.15. The number of halogens is 3. The Morgan fingerprint density at radius 3 is 2.62 bits per heavy atom. The lowest BCUT2D eigenvalue weighted by Gasteiger charge is -2.32. The highest BCUT2D eigenvalue weighted by molar-refractivity contribution is 6.03. The van der Waals surface area contributed by atoms with E-state index in [-0.39, 0.29) is 29.5 Å². The van der Waals surface area contributed by atoms with Gasteiger partial charge in [0.05, 0.1) is 24.1 Å². The number of benzene rings is 1. The van der Waals surface area contributed by atoms with Crippen LogP contribution in [0.5, 0.6) is 5.75 Å². The van der Waals surface area contributed by atoms with E-state index in [1.165, 1.54) is 12.3 Å². The number of pyridine rings is 2. The maximum Gasteiger partial charge on any atom is 0.274 e. The zero-order valence-electron chi connectivity index (χ0n) is 21.6. The fourth-order valence-electron chi connectivity index (χ4n) is 5.55. The van der Waals surface area contributed by atoms with Crippen LogP contribution in [0, 0.1) is 23.4 Å². The summed E-state index contributed by atoms with van der Waals surface area (Å²) >= 11 is 0. The number of nitrogens with two attached hydrogens (primary N) is 1. The lowest BCUT2D eigenvalue weighted by molar-refractivity contribution is 0.00720. The summed E-state index contributed by atoms with van der Waals surface area (Å²) in [6, 6.07) is 6.01. The molecule has 206 valence electrons. The van der Waals surface area contributed by atoms with Crippen molar-refractivity contribution in [2.45, 2.75) is 57.1 Å². The molecular weight excluding hydrogens is 509 g/mol. The Morgan fingerprint density at radius 2 is 1.90 bits per heavy atom. The maximum atomic E-state index is 15.1. The van der Waals surface area contributed by atoms with Crippen LogP contribution in [0.25, 0.3) is 11.3 Å². The molecule has 1 amide bonds. The van der Waals surface area contributed by atoms with Gasteiger partial charge in [-0.05, 0) is 67.7 Å². The van der Waals surface area contributed by atoms with Crippen LogP contribution < -0.4 is 15.8 Å². The number of nitrogens with one attached hydrogen (secondary N) is 1. The average Bonchev–Trinajstić information content (AvgIpc) is 2.89. The van der Waals surface area contributed by atoms with Crippen molar-refractivity contribution in [1.29, 1.82) is 0 Å². The molecule has 1 aliphatic carbocycles. The molecule has 3 aromatic rings. The van der Waals surface area contributed by atoms with E-state index in [9.17, 15) is 9.18 Å². The lowest BCUT2D eigenvalue weighted by atomic mass is 9.76. The Kier molecular flexibility index (Phi) is 8.13. The number of ether oxygens (including phenoxy) is 2. The third-order valence-electron chi connectivity index (χ3n) is 7.27. The number of hydrogen-bond donors (Lipinski definition) is 2. The van der Waals surface area contributed by atoms with Gasteiger partial charge in [-0.1, -0.05) is 6.92 Å². The molecule has 0 bridgehead atoms. The third-order valence-corrected chi connectivity index (χ3v) is 7.27. The van der Waals surface area contributed by atoms with Crippen LogP contribution in [0.1, 0.15) is 61.0 Å². The molecule has 5 rings (SSSR count). The largest absolute Gasteiger partial charge is 0.488 e. The maximum absolute atomic E-state index is 15.1. The fraction of sp³-hybridized carbons (Fsp3) is 0.414. The first-order valence-electron chi connectivity index (χ1n) is 13.2. The number of hydrogen-bond acceptors (Lipinski definition) is 6. The minimum atomic E-state index is -1.05. The summed E-state index contributed by atoms with van der Waals surface area (Å²) in [6.07, 6.45) is 7.00. The van der Waals surface area contributed by atoms with E-state index in [2.05, 4.69) is 22.2 Å². The smallest absolute Gasteiger partial charge is 0.274 e. The number of carbonyl (C=O) groups is 1. The van der Waals surface area contributed by atoms with Crippen LogP contribution in [0.15, 0.2) is 42.7 Å². The van der Waals surface area contributed by atoms with Gasteiger partial charge in [0.2, 0.25) is 0 Å². The molecule has 1 saturated carbocycles. The van der Waals surface area contributed by atoms with Crippen molar-refractivity contribution in [3.63, 3.8) is 0 Å². The molecule has 2 aliphatic rings. The summed E-state index contributed by atoms with van der Waals surface area (Å²) in [4.78, 5) is 21.3. The van der Waals surface area contributed by atoms with E-state index < -0.39 is 34.6 Å². The van der Waals surface area contributed by atoms with Crippen molar-refractivity contribution in [2.24, 2.45) is 11.7 Å². The standard InChI is InChI=1S/C29H31F3N4O3/c1-16-9-17(11-18(33)10-16)21-6-7-34-14-26(21)36-29(37)25-5-4-22(30)28(35-25)27-23(31)12-20(13-24(27)32)39-19-3-2-8-38-15-19/h4-7,12-14,16-19H,2-3,8-11,15,33H2,1H3,(H,36,37)/t16-,17+,18+,19+/m0/s1. The molecular formula is C29H31F3N4O3. The number of nitrogens with zero attached hydrogens (tertiary/aromatic N) is 2. The molecule has 10 heteroatoms. The number of rotatable bonds is 6. The quantitative estimate of drug-likeness (QED) is 0.422. The SMILES string of the molecule is C[C@@H]1C[C@@H](N)C[C@H](c2ccncc2NC(=O)c2ccc(F)c(-c3c(F)cc(O[C@@H]4CCCOC4)cc3F)n2)C1. The van der Waals surface area contributed by atoms with Crippen LogP contribution in [0.3, 0.4) is 0 Å². The summed E-state index contributed by atoms with van der Waals surface area (Å²) in [5.74, 6) is -3.18. The van der Waals surface area contributed by atoms with Gasteiger partial charge in [0.1, 0.15) is 40.7 Å². The minimum absolute atomic E-state index is 0.0283. The molecule has 1 aromatic carbocycles. The van der Waals surface area contributed by atoms with Gasteiger partial charge in [0, 0.05) is 31.0 Å². The number of amides is 1. The highest BCUT2D eigenvalue weighted by atomic mass is 19.1. The molecule has 4 atom stereocenters. The van der Waals surface area contributed by atoms with E-state index in [4.69, 9.17) is 15.2 Å². The van der Waals surface area contributed by atoms with Crippen molar-refractivity contribution in [1.82, 2.24) is 9.97 Å². The Balaban J connectivity index is 1.38. The Hall–Kier alpha value is -3.50. The van der Waals surface area contributed by atoms with Gasteiger partial charge in [-0.25, -0.2) is 18.2 Å². The van der Waals surface area contributed by atoms with Crippen LogP contribution in [0.4, 0.5) is 18.9 Å². The highest BCUT2D eigenvalue weighted by Gasteiger charge is 2.28. The topological polar surface area (TPSA) is 99.4 Å². The highest BCUT2D eigenvalue weighted by Crippen LogP contribution is 2.38. The molecule has 3 N–H and O–H groups in total. The fourth-order valence-corrected chi connectivity index (χ4v) is 5.55. The molecule has 7 nitrogen and oxygen atoms in total. The molecule has 0 spiro atoms. The minimum Gasteiger partial charge on any atom is -0.488 e. The van der Waals surface area contributed by atoms with Gasteiger partial charge in [0.25, 0.3) is 5.91 Å². The van der Waals surface area contributed by atoms with Crippen LogP contribution in [-0.4, -0.2) is 41.2 Å². The van der Waals surface area contributed by atoms with Crippen LogP contribution in [-0.2, 0) is 4.74 Å². The molecule has 2 aromatic heterocycles. The second kappa shape index (κ2) is 11.7. The van der Waals surface area contributed by atoms with E-state index in [1.807, 2.05) is 6.07 Å². The molecule has 3 heterocycles. The van der Waals surface area contributed by atoms with Crippen LogP contribution in [0.2, 0.25) is 0 Å². The second-order valence-corrected chi connectivity index (χ2v) is 10.4. The van der Waals surface area contributed by atoms with Gasteiger partial charge in [-0.15, -0.1) is 0 Å². The first-order valence-corrected chi connectivity index (χ1v) is 13.2. The van der Waals surface area contributed by atoms with Gasteiger partial charge < -0.3 is 20.5 Å². The normalized spacial score (nSPS) is 23.3. The molecule has 0 radical (unpaired) electrons. The van der Waals surface area contributed by atoms with Crippen molar-refractivity contribution in [3.05, 3.63) is 71.4 Å². The number of carbonyl (C=O) groups excluding carboxylic acids is 1. The molecule has 1 saturated heterocycles. The summed E-state index contributed by atoms with van der Waals surface area (Å²) in [7, 11) is 0. The van der Waals surface area contributed by atoms with Crippen molar-refractivity contribution >= 4 is 11.6 Å². The Labute approximate surface area is 224 Å². The third kappa shape index (κ3) is 6.23. The zero-order chi connectivity index (χ0) is 27.5. The molecule has 2 fully saturated rings. The van der Waals surface area contributed by atoms with Crippen molar-refractivity contribution in [2.75, 3.05) is 18.5 Å². The van der Waals surface area contributed by atoms with E-state index >= 15 is 8.78 Å². The predicted octanol–water partition coefficient (Wildman–Crippen LogP) is 5.60. The number of aromatic nitrogens is 2. The second-order valence-electron chi connectivity index (χ2n) is 10.4. The van der Waals surface area contributed by atoms with Crippen molar-refractivity contribution < 1.29 is 27.4 Å². The van der Waals surface area contributed by atoms with E-state index in [0.717, 1.165) is 49.4 Å². The Morgan fingerprint density at radius 1 is 1.10 bits per heavy atom. The summed E-state index contributed by atoms with van der Waals surface area (Å²) in [6.45, 7) is 3.09. The predicted molar refractivity (Wildman–Crippen MR) is 140 cm³/mol. The number of anilines is 1. The molecule has 39 heavy (non-hydrogen) atoms.